The van der Waals surface area contributed by atoms with E-state index in [1.54, 1.807) is 43.2 Å². The number of benzene rings is 1. The Hall–Kier alpha value is -3.16. The number of aromatic amines is 1. The highest BCUT2D eigenvalue weighted by molar-refractivity contribution is 5.96. The Morgan fingerprint density at radius 1 is 1.32 bits per heavy atom. The van der Waals surface area contributed by atoms with Crippen LogP contribution in [0.15, 0.2) is 43.0 Å². The number of amides is 1. The van der Waals surface area contributed by atoms with Crippen LogP contribution in [0.4, 0.5) is 0 Å². The minimum absolute atomic E-state index is 0.147. The van der Waals surface area contributed by atoms with Gasteiger partial charge in [0.15, 0.2) is 5.82 Å². The third-order valence-electron chi connectivity index (χ3n) is 3.50. The summed E-state index contributed by atoms with van der Waals surface area (Å²) in [5.41, 5.74) is 1.44. The lowest BCUT2D eigenvalue weighted by Crippen LogP contribution is -2.45. The van der Waals surface area contributed by atoms with Crippen LogP contribution in [0.5, 0.6) is 0 Å². The molecule has 8 nitrogen and oxygen atoms in total. The van der Waals surface area contributed by atoms with Gasteiger partial charge in [-0.3, -0.25) is 4.79 Å². The lowest BCUT2D eigenvalue weighted by Gasteiger charge is -2.19. The van der Waals surface area contributed by atoms with E-state index in [0.717, 1.165) is 5.52 Å². The lowest BCUT2D eigenvalue weighted by molar-refractivity contribution is -0.150. The molecule has 1 atom stereocenters. The molecule has 0 aliphatic rings. The highest BCUT2D eigenvalue weighted by atomic mass is 16.5. The minimum atomic E-state index is -0.850. The summed E-state index contributed by atoms with van der Waals surface area (Å²) in [5.74, 6) is -0.829. The van der Waals surface area contributed by atoms with Crippen LogP contribution in [0.3, 0.4) is 0 Å². The van der Waals surface area contributed by atoms with Crippen LogP contribution in [0.2, 0.25) is 0 Å². The Kier molecular flexibility index (Phi) is 4.78. The van der Waals surface area contributed by atoms with Crippen LogP contribution >= 0.6 is 0 Å². The van der Waals surface area contributed by atoms with Crippen molar-refractivity contribution in [2.45, 2.75) is 32.5 Å². The van der Waals surface area contributed by atoms with Gasteiger partial charge >= 0.3 is 5.97 Å². The molecule has 0 aliphatic heterocycles. The second-order valence-corrected chi connectivity index (χ2v) is 5.87. The van der Waals surface area contributed by atoms with Crippen LogP contribution in [0.25, 0.3) is 11.0 Å². The molecule has 0 fully saturated rings. The number of nitrogens with one attached hydrogen (secondary N) is 2. The van der Waals surface area contributed by atoms with E-state index in [-0.39, 0.29) is 18.5 Å². The number of rotatable bonds is 6. The van der Waals surface area contributed by atoms with Gasteiger partial charge in [0, 0.05) is 12.4 Å². The second-order valence-electron chi connectivity index (χ2n) is 5.87. The van der Waals surface area contributed by atoms with Crippen LogP contribution in [0.1, 0.15) is 24.5 Å². The van der Waals surface area contributed by atoms with Crippen molar-refractivity contribution in [1.82, 2.24) is 24.8 Å². The molecule has 2 aromatic heterocycles. The van der Waals surface area contributed by atoms with Gasteiger partial charge in [0.05, 0.1) is 30.0 Å². The number of hydrogen-bond donors (Lipinski definition) is 2. The van der Waals surface area contributed by atoms with E-state index < -0.39 is 17.9 Å². The molecule has 130 valence electrons. The molecule has 2 heterocycles. The van der Waals surface area contributed by atoms with E-state index in [1.807, 2.05) is 18.2 Å². The van der Waals surface area contributed by atoms with Crippen molar-refractivity contribution in [1.29, 1.82) is 0 Å². The molecular weight excluding hydrogens is 322 g/mol. The second kappa shape index (κ2) is 7.16. The Labute approximate surface area is 144 Å². The maximum absolute atomic E-state index is 12.5. The summed E-state index contributed by atoms with van der Waals surface area (Å²) in [7, 11) is 0. The first-order chi connectivity index (χ1) is 12.0. The Morgan fingerprint density at radius 3 is 2.80 bits per heavy atom. The van der Waals surface area contributed by atoms with Gasteiger partial charge in [-0.25, -0.2) is 14.8 Å². The average Bonchev–Trinajstić information content (AvgIpc) is 3.22. The van der Waals surface area contributed by atoms with Crippen molar-refractivity contribution in [3.63, 3.8) is 0 Å². The SMILES string of the molecule is CC(C)OC(=O)[C@H](Cn1ccnc1)NC(=O)c1nc2ccccc2[nH]1. The fourth-order valence-electron chi connectivity index (χ4n) is 2.39. The van der Waals surface area contributed by atoms with Gasteiger partial charge in [0.1, 0.15) is 6.04 Å². The average molecular weight is 341 g/mol. The zero-order valence-electron chi connectivity index (χ0n) is 14.0. The van der Waals surface area contributed by atoms with Crippen LogP contribution < -0.4 is 5.32 Å². The number of carbonyl (C=O) groups is 2. The van der Waals surface area contributed by atoms with E-state index in [9.17, 15) is 9.59 Å². The Balaban J connectivity index is 1.77. The minimum Gasteiger partial charge on any atom is -0.461 e. The zero-order chi connectivity index (χ0) is 17.8. The molecule has 1 amide bonds. The van der Waals surface area contributed by atoms with E-state index in [1.165, 1.54) is 0 Å². The van der Waals surface area contributed by atoms with Crippen molar-refractivity contribution >= 4 is 22.9 Å². The molecule has 25 heavy (non-hydrogen) atoms. The van der Waals surface area contributed by atoms with Gasteiger partial charge < -0.3 is 19.6 Å². The molecule has 0 bridgehead atoms. The number of para-hydroxylation sites is 2. The highest BCUT2D eigenvalue weighted by Crippen LogP contribution is 2.10. The van der Waals surface area contributed by atoms with Crippen molar-refractivity contribution in [3.05, 3.63) is 48.8 Å². The number of esters is 1. The monoisotopic (exact) mass is 341 g/mol. The fourth-order valence-corrected chi connectivity index (χ4v) is 2.39. The summed E-state index contributed by atoms with van der Waals surface area (Å²) in [5, 5.41) is 2.68. The van der Waals surface area contributed by atoms with Crippen LogP contribution in [-0.4, -0.2) is 43.5 Å². The van der Waals surface area contributed by atoms with E-state index in [2.05, 4.69) is 20.3 Å². The standard InChI is InChI=1S/C17H19N5O3/c1-11(2)25-17(24)14(9-22-8-7-18-10-22)21-16(23)15-19-12-5-3-4-6-13(12)20-15/h3-8,10-11,14H,9H2,1-2H3,(H,19,20)(H,21,23)/t14-/m0/s1. The third-order valence-corrected chi connectivity index (χ3v) is 3.50. The molecule has 0 saturated carbocycles. The number of hydrogen-bond acceptors (Lipinski definition) is 5. The van der Waals surface area contributed by atoms with Crippen LogP contribution in [-0.2, 0) is 16.1 Å². The Bertz CT molecular complexity index is 836. The molecular formula is C17H19N5O3. The smallest absolute Gasteiger partial charge is 0.330 e. The molecule has 0 aliphatic carbocycles. The largest absolute Gasteiger partial charge is 0.461 e. The quantitative estimate of drug-likeness (QED) is 0.662. The highest BCUT2D eigenvalue weighted by Gasteiger charge is 2.25. The maximum atomic E-state index is 12.5. The normalized spacial score (nSPS) is 12.3. The summed E-state index contributed by atoms with van der Waals surface area (Å²) in [4.78, 5) is 36.0. The van der Waals surface area contributed by atoms with Crippen molar-refractivity contribution in [2.24, 2.45) is 0 Å². The molecule has 0 unspecified atom stereocenters. The predicted octanol–water partition coefficient (Wildman–Crippen LogP) is 1.51. The number of nitrogens with zero attached hydrogens (tertiary/aromatic N) is 3. The van der Waals surface area contributed by atoms with Gasteiger partial charge in [-0.15, -0.1) is 0 Å². The molecule has 0 spiro atoms. The number of H-pyrrole nitrogens is 1. The molecule has 2 N–H and O–H groups in total. The van der Waals surface area contributed by atoms with Crippen molar-refractivity contribution < 1.29 is 14.3 Å². The molecule has 3 aromatic rings. The topological polar surface area (TPSA) is 102 Å². The van der Waals surface area contributed by atoms with E-state index in [0.29, 0.717) is 5.52 Å². The maximum Gasteiger partial charge on any atom is 0.330 e. The zero-order valence-corrected chi connectivity index (χ0v) is 14.0. The van der Waals surface area contributed by atoms with Gasteiger partial charge in [-0.05, 0) is 26.0 Å². The van der Waals surface area contributed by atoms with Crippen LogP contribution in [0, 0.1) is 0 Å². The first-order valence-electron chi connectivity index (χ1n) is 7.95. The van der Waals surface area contributed by atoms with Crippen molar-refractivity contribution in [3.8, 4) is 0 Å². The number of fused-ring (bicyclic) bond motifs is 1. The number of ether oxygens (including phenoxy) is 1. The van der Waals surface area contributed by atoms with Gasteiger partial charge in [0.2, 0.25) is 0 Å². The molecule has 8 heteroatoms. The first kappa shape index (κ1) is 16.7. The summed E-state index contributed by atoms with van der Waals surface area (Å²) in [6.07, 6.45) is 4.61. The molecule has 0 radical (unpaired) electrons. The van der Waals surface area contributed by atoms with E-state index in [4.69, 9.17) is 4.74 Å². The molecule has 1 aromatic carbocycles. The summed E-state index contributed by atoms with van der Waals surface area (Å²) in [6, 6.07) is 6.47. The Morgan fingerprint density at radius 2 is 2.12 bits per heavy atom. The summed E-state index contributed by atoms with van der Waals surface area (Å²) >= 11 is 0. The number of aromatic nitrogens is 4. The number of imidazole rings is 2. The number of carbonyl (C=O) groups excluding carboxylic acids is 2. The van der Waals surface area contributed by atoms with Gasteiger partial charge in [-0.1, -0.05) is 12.1 Å². The van der Waals surface area contributed by atoms with Crippen molar-refractivity contribution in [2.75, 3.05) is 0 Å². The summed E-state index contributed by atoms with van der Waals surface area (Å²) < 4.78 is 6.94. The predicted molar refractivity (Wildman–Crippen MR) is 90.8 cm³/mol. The van der Waals surface area contributed by atoms with Gasteiger partial charge in [0.25, 0.3) is 5.91 Å². The molecule has 3 rings (SSSR count). The summed E-state index contributed by atoms with van der Waals surface area (Å²) in [6.45, 7) is 3.73. The third kappa shape index (κ3) is 4.03. The van der Waals surface area contributed by atoms with Gasteiger partial charge in [-0.2, -0.15) is 0 Å². The first-order valence-corrected chi connectivity index (χ1v) is 7.95. The van der Waals surface area contributed by atoms with E-state index >= 15 is 0 Å². The fraction of sp³-hybridized carbons (Fsp3) is 0.294. The molecule has 0 saturated heterocycles. The lowest BCUT2D eigenvalue weighted by atomic mass is 10.2.